The number of ether oxygens (including phenoxy) is 2. The lowest BCUT2D eigenvalue weighted by Gasteiger charge is -2.16. The summed E-state index contributed by atoms with van der Waals surface area (Å²) < 4.78 is 10.7. The quantitative estimate of drug-likeness (QED) is 0.634. The molecule has 0 spiro atoms. The first-order valence-electron chi connectivity index (χ1n) is 8.11. The topological polar surface area (TPSA) is 56.3 Å². The fourth-order valence-corrected chi connectivity index (χ4v) is 3.49. The molecule has 0 bridgehead atoms. The zero-order chi connectivity index (χ0) is 18.8. The van der Waals surface area contributed by atoms with Crippen molar-refractivity contribution in [2.24, 2.45) is 0 Å². The van der Waals surface area contributed by atoms with Crippen LogP contribution in [0.15, 0.2) is 24.4 Å². The van der Waals surface area contributed by atoms with Crippen molar-refractivity contribution < 1.29 is 9.47 Å². The van der Waals surface area contributed by atoms with Gasteiger partial charge in [-0.05, 0) is 26.0 Å². The van der Waals surface area contributed by atoms with E-state index >= 15 is 0 Å². The van der Waals surface area contributed by atoms with Gasteiger partial charge in [0.2, 0.25) is 0 Å². The van der Waals surface area contributed by atoms with Crippen molar-refractivity contribution in [3.05, 3.63) is 40.1 Å². The molecule has 3 aromatic rings. The Morgan fingerprint density at radius 3 is 2.27 bits per heavy atom. The molecule has 0 saturated carbocycles. The third-order valence-corrected chi connectivity index (χ3v) is 4.78. The number of nitrogens with zero attached hydrogens (tertiary/aromatic N) is 2. The molecule has 1 aromatic carbocycles. The third-order valence-electron chi connectivity index (χ3n) is 4.03. The summed E-state index contributed by atoms with van der Waals surface area (Å²) in [6, 6.07) is 5.57. The lowest BCUT2D eigenvalue weighted by molar-refractivity contribution is 0.395. The number of aryl methyl sites for hydroxylation is 1. The number of rotatable bonds is 5. The van der Waals surface area contributed by atoms with Gasteiger partial charge >= 0.3 is 0 Å². The zero-order valence-corrected chi connectivity index (χ0v) is 16.5. The fourth-order valence-electron chi connectivity index (χ4n) is 2.79. The van der Waals surface area contributed by atoms with Crippen LogP contribution in [0.2, 0.25) is 10.0 Å². The number of hydrogen-bond donors (Lipinski definition) is 1. The number of hydrogen-bond acceptors (Lipinski definition) is 5. The predicted molar refractivity (Wildman–Crippen MR) is 107 cm³/mol. The van der Waals surface area contributed by atoms with Gasteiger partial charge in [-0.15, -0.1) is 0 Å². The Labute approximate surface area is 162 Å². The molecule has 136 valence electrons. The highest BCUT2D eigenvalue weighted by Gasteiger charge is 2.21. The van der Waals surface area contributed by atoms with Crippen molar-refractivity contribution in [1.29, 1.82) is 0 Å². The maximum Gasteiger partial charge on any atom is 0.141 e. The molecular weight excluding hydrogens is 373 g/mol. The molecule has 0 atom stereocenters. The minimum atomic E-state index is 0.382. The van der Waals surface area contributed by atoms with Crippen molar-refractivity contribution >= 4 is 39.8 Å². The maximum absolute atomic E-state index is 6.54. The van der Waals surface area contributed by atoms with E-state index in [1.54, 1.807) is 20.3 Å². The normalized spacial score (nSPS) is 10.8. The summed E-state index contributed by atoms with van der Waals surface area (Å²) in [6.45, 7) is 4.70. The first-order valence-corrected chi connectivity index (χ1v) is 8.87. The lowest BCUT2D eigenvalue weighted by atomic mass is 10.1. The van der Waals surface area contributed by atoms with Crippen LogP contribution in [0.4, 0.5) is 5.82 Å². The molecule has 0 amide bonds. The Bertz CT molecular complexity index is 949. The van der Waals surface area contributed by atoms with Gasteiger partial charge in [0, 0.05) is 40.8 Å². The van der Waals surface area contributed by atoms with Gasteiger partial charge in [0.25, 0.3) is 0 Å². The van der Waals surface area contributed by atoms with Crippen LogP contribution in [-0.2, 0) is 0 Å². The van der Waals surface area contributed by atoms with Crippen LogP contribution in [0.1, 0.15) is 12.6 Å². The van der Waals surface area contributed by atoms with E-state index in [4.69, 9.17) is 37.7 Å². The summed E-state index contributed by atoms with van der Waals surface area (Å²) in [7, 11) is 3.09. The van der Waals surface area contributed by atoms with Crippen molar-refractivity contribution in [2.75, 3.05) is 26.1 Å². The Balaban J connectivity index is 2.34. The van der Waals surface area contributed by atoms with E-state index in [0.29, 0.717) is 32.8 Å². The first kappa shape index (κ1) is 18.5. The number of aromatic nitrogens is 2. The average Bonchev–Trinajstić information content (AvgIpc) is 2.63. The Kier molecular flexibility index (Phi) is 5.39. The molecule has 3 rings (SSSR count). The average molecular weight is 392 g/mol. The van der Waals surface area contributed by atoms with Crippen LogP contribution in [0.25, 0.3) is 22.0 Å². The van der Waals surface area contributed by atoms with E-state index in [1.807, 2.05) is 32.2 Å². The number of benzene rings is 1. The molecule has 5 nitrogen and oxygen atoms in total. The Morgan fingerprint density at radius 1 is 1.04 bits per heavy atom. The van der Waals surface area contributed by atoms with Crippen LogP contribution in [-0.4, -0.2) is 30.7 Å². The number of nitrogens with one attached hydrogen (secondary N) is 1. The van der Waals surface area contributed by atoms with Gasteiger partial charge in [0.05, 0.1) is 30.0 Å². The van der Waals surface area contributed by atoms with Crippen molar-refractivity contribution in [1.82, 2.24) is 9.97 Å². The molecular formula is C19H19Cl2N3O2. The number of fused-ring (bicyclic) bond motifs is 1. The van der Waals surface area contributed by atoms with Gasteiger partial charge in [-0.1, -0.05) is 23.2 Å². The summed E-state index contributed by atoms with van der Waals surface area (Å²) in [5.41, 5.74) is 2.10. The van der Waals surface area contributed by atoms with E-state index in [2.05, 4.69) is 10.3 Å². The molecule has 0 radical (unpaired) electrons. The second-order valence-electron chi connectivity index (χ2n) is 5.72. The molecule has 0 unspecified atom stereocenters. The zero-order valence-electron chi connectivity index (χ0n) is 15.0. The third kappa shape index (κ3) is 3.24. The monoisotopic (exact) mass is 391 g/mol. The van der Waals surface area contributed by atoms with Crippen molar-refractivity contribution in [3.8, 4) is 22.8 Å². The van der Waals surface area contributed by atoms with E-state index in [1.165, 1.54) is 0 Å². The highest BCUT2D eigenvalue weighted by atomic mass is 35.5. The molecule has 7 heteroatoms. The molecule has 1 N–H and O–H groups in total. The van der Waals surface area contributed by atoms with Gasteiger partial charge in [0.1, 0.15) is 17.3 Å². The Morgan fingerprint density at radius 2 is 1.69 bits per heavy atom. The first-order chi connectivity index (χ1) is 12.5. The molecule has 0 saturated heterocycles. The molecule has 2 heterocycles. The fraction of sp³-hybridized carbons (Fsp3) is 0.263. The number of anilines is 1. The smallest absolute Gasteiger partial charge is 0.141 e. The van der Waals surface area contributed by atoms with Crippen LogP contribution < -0.4 is 14.8 Å². The van der Waals surface area contributed by atoms with Gasteiger partial charge in [-0.25, -0.2) is 4.98 Å². The number of halogens is 2. The Hall–Kier alpha value is -2.24. The highest BCUT2D eigenvalue weighted by molar-refractivity contribution is 6.41. The van der Waals surface area contributed by atoms with Crippen LogP contribution in [0.3, 0.4) is 0 Å². The predicted octanol–water partition coefficient (Wildman–Crippen LogP) is 5.36. The number of pyridine rings is 2. The standard InChI is InChI=1S/C19H19Cl2N3O2/c1-5-22-19-12-6-10(2)23-9-11(12)7-13(24-19)16-17(20)14(25-3)8-15(26-4)18(16)21/h6-9H,5H2,1-4H3,(H,22,24). The molecule has 0 aliphatic rings. The van der Waals surface area contributed by atoms with Gasteiger partial charge in [0.15, 0.2) is 0 Å². The second kappa shape index (κ2) is 7.56. The minimum Gasteiger partial charge on any atom is -0.495 e. The van der Waals surface area contributed by atoms with Crippen molar-refractivity contribution in [2.45, 2.75) is 13.8 Å². The molecule has 2 aromatic heterocycles. The van der Waals surface area contributed by atoms with Gasteiger partial charge in [-0.3, -0.25) is 4.98 Å². The van der Waals surface area contributed by atoms with E-state index in [0.717, 1.165) is 28.8 Å². The van der Waals surface area contributed by atoms with Crippen LogP contribution in [0.5, 0.6) is 11.5 Å². The number of methoxy groups -OCH3 is 2. The van der Waals surface area contributed by atoms with Gasteiger partial charge in [-0.2, -0.15) is 0 Å². The van der Waals surface area contributed by atoms with E-state index in [-0.39, 0.29) is 0 Å². The molecule has 0 aliphatic heterocycles. The lowest BCUT2D eigenvalue weighted by Crippen LogP contribution is -2.02. The summed E-state index contributed by atoms with van der Waals surface area (Å²) in [5.74, 6) is 1.69. The summed E-state index contributed by atoms with van der Waals surface area (Å²) in [4.78, 5) is 9.14. The largest absolute Gasteiger partial charge is 0.495 e. The van der Waals surface area contributed by atoms with Crippen LogP contribution in [0, 0.1) is 6.92 Å². The van der Waals surface area contributed by atoms with E-state index in [9.17, 15) is 0 Å². The maximum atomic E-state index is 6.54. The minimum absolute atomic E-state index is 0.382. The SMILES string of the molecule is CCNc1nc(-c2c(Cl)c(OC)cc(OC)c2Cl)cc2cnc(C)cc12. The highest BCUT2D eigenvalue weighted by Crippen LogP contribution is 2.46. The molecule has 0 fully saturated rings. The second-order valence-corrected chi connectivity index (χ2v) is 6.47. The molecule has 0 aliphatic carbocycles. The summed E-state index contributed by atoms with van der Waals surface area (Å²) in [5, 5.41) is 5.99. The molecule has 26 heavy (non-hydrogen) atoms. The summed E-state index contributed by atoms with van der Waals surface area (Å²) in [6.07, 6.45) is 1.82. The van der Waals surface area contributed by atoms with Crippen LogP contribution >= 0.6 is 23.2 Å². The van der Waals surface area contributed by atoms with Crippen molar-refractivity contribution in [3.63, 3.8) is 0 Å². The van der Waals surface area contributed by atoms with E-state index < -0.39 is 0 Å². The van der Waals surface area contributed by atoms with Gasteiger partial charge < -0.3 is 14.8 Å². The summed E-state index contributed by atoms with van der Waals surface area (Å²) >= 11 is 13.1.